The molecule has 2 rings (SSSR count). The van der Waals surface area contributed by atoms with Crippen molar-refractivity contribution in [2.24, 2.45) is 5.73 Å². The van der Waals surface area contributed by atoms with E-state index in [1.807, 2.05) is 0 Å². The van der Waals surface area contributed by atoms with Crippen molar-refractivity contribution in [3.8, 4) is 5.75 Å². The molecule has 0 atom stereocenters. The summed E-state index contributed by atoms with van der Waals surface area (Å²) in [6.07, 6.45) is 2.98. The van der Waals surface area contributed by atoms with Crippen LogP contribution in [0.3, 0.4) is 0 Å². The normalized spacial score (nSPS) is 10.5. The van der Waals surface area contributed by atoms with Gasteiger partial charge in [-0.15, -0.1) is 0 Å². The Labute approximate surface area is 104 Å². The number of benzene rings is 1. The van der Waals surface area contributed by atoms with Crippen molar-refractivity contribution >= 4 is 16.8 Å². The van der Waals surface area contributed by atoms with Crippen LogP contribution in [0.5, 0.6) is 5.75 Å². The van der Waals surface area contributed by atoms with Crippen LogP contribution in [0, 0.1) is 0 Å². The fraction of sp³-hybridized carbons (Fsp3) is 0.250. The average molecular weight is 247 g/mol. The summed E-state index contributed by atoms with van der Waals surface area (Å²) in [6, 6.07) is 3.34. The van der Waals surface area contributed by atoms with Gasteiger partial charge in [0.05, 0.1) is 17.7 Å². The fourth-order valence-electron chi connectivity index (χ4n) is 1.59. The molecule has 0 bridgehead atoms. The molecule has 1 aromatic heterocycles. The van der Waals surface area contributed by atoms with Crippen LogP contribution in [-0.2, 0) is 4.74 Å². The van der Waals surface area contributed by atoms with E-state index < -0.39 is 5.91 Å². The van der Waals surface area contributed by atoms with E-state index in [4.69, 9.17) is 15.2 Å². The van der Waals surface area contributed by atoms with Gasteiger partial charge in [0.1, 0.15) is 18.7 Å². The molecule has 0 radical (unpaired) electrons. The Hall–Kier alpha value is -2.21. The number of primary amides is 1. The number of carbonyl (C=O) groups excluding carboxylic acids is 1. The number of hydrogen-bond donors (Lipinski definition) is 1. The van der Waals surface area contributed by atoms with Gasteiger partial charge in [0.2, 0.25) is 0 Å². The van der Waals surface area contributed by atoms with Crippen LogP contribution >= 0.6 is 0 Å². The van der Waals surface area contributed by atoms with Crippen LogP contribution < -0.4 is 10.5 Å². The van der Waals surface area contributed by atoms with Crippen molar-refractivity contribution in [1.82, 2.24) is 9.97 Å². The molecule has 18 heavy (non-hydrogen) atoms. The van der Waals surface area contributed by atoms with E-state index in [1.54, 1.807) is 25.4 Å². The second-order valence-electron chi connectivity index (χ2n) is 3.64. The second-order valence-corrected chi connectivity index (χ2v) is 3.64. The molecule has 1 heterocycles. The first kappa shape index (κ1) is 12.3. The van der Waals surface area contributed by atoms with Crippen LogP contribution in [-0.4, -0.2) is 36.2 Å². The van der Waals surface area contributed by atoms with E-state index in [0.29, 0.717) is 35.4 Å². The van der Waals surface area contributed by atoms with Crippen LogP contribution in [0.4, 0.5) is 0 Å². The van der Waals surface area contributed by atoms with E-state index >= 15 is 0 Å². The lowest BCUT2D eigenvalue weighted by molar-refractivity contribution is 0.100. The monoisotopic (exact) mass is 247 g/mol. The summed E-state index contributed by atoms with van der Waals surface area (Å²) in [4.78, 5) is 19.3. The summed E-state index contributed by atoms with van der Waals surface area (Å²) in [5.74, 6) is -0.000887. The molecule has 6 nitrogen and oxygen atoms in total. The summed E-state index contributed by atoms with van der Waals surface area (Å²) in [5, 5.41) is 0.709. The smallest absolute Gasteiger partial charge is 0.251 e. The van der Waals surface area contributed by atoms with Gasteiger partial charge in [-0.05, 0) is 12.1 Å². The highest BCUT2D eigenvalue weighted by atomic mass is 16.5. The van der Waals surface area contributed by atoms with Crippen molar-refractivity contribution in [2.75, 3.05) is 20.3 Å². The highest BCUT2D eigenvalue weighted by molar-refractivity contribution is 6.05. The zero-order chi connectivity index (χ0) is 13.0. The minimum atomic E-state index is -0.545. The van der Waals surface area contributed by atoms with Crippen LogP contribution in [0.2, 0.25) is 0 Å². The molecule has 2 N–H and O–H groups in total. The largest absolute Gasteiger partial charge is 0.491 e. The van der Waals surface area contributed by atoms with Gasteiger partial charge in [0.15, 0.2) is 0 Å². The van der Waals surface area contributed by atoms with Gasteiger partial charge in [-0.3, -0.25) is 4.79 Å². The van der Waals surface area contributed by atoms with E-state index in [-0.39, 0.29) is 0 Å². The predicted octanol–water partition coefficient (Wildman–Crippen LogP) is 0.754. The van der Waals surface area contributed by atoms with Crippen LogP contribution in [0.25, 0.3) is 10.9 Å². The summed E-state index contributed by atoms with van der Waals surface area (Å²) in [5.41, 5.74) is 6.17. The molecule has 1 amide bonds. The number of hydrogen-bond acceptors (Lipinski definition) is 5. The molecule has 94 valence electrons. The average Bonchev–Trinajstić information content (AvgIpc) is 2.38. The number of aromatic nitrogens is 2. The van der Waals surface area contributed by atoms with Crippen molar-refractivity contribution < 1.29 is 14.3 Å². The lowest BCUT2D eigenvalue weighted by Gasteiger charge is -2.08. The number of carbonyl (C=O) groups is 1. The minimum absolute atomic E-state index is 0.322. The van der Waals surface area contributed by atoms with Crippen LogP contribution in [0.15, 0.2) is 24.7 Å². The minimum Gasteiger partial charge on any atom is -0.491 e. The summed E-state index contributed by atoms with van der Waals surface area (Å²) < 4.78 is 10.3. The second kappa shape index (κ2) is 5.42. The van der Waals surface area contributed by atoms with Gasteiger partial charge in [0, 0.05) is 18.7 Å². The van der Waals surface area contributed by atoms with Crippen molar-refractivity contribution in [3.05, 3.63) is 30.2 Å². The quantitative estimate of drug-likeness (QED) is 0.788. The maximum atomic E-state index is 11.4. The summed E-state index contributed by atoms with van der Waals surface area (Å²) >= 11 is 0. The van der Waals surface area contributed by atoms with E-state index in [0.717, 1.165) is 0 Å². The van der Waals surface area contributed by atoms with Gasteiger partial charge in [-0.25, -0.2) is 9.97 Å². The Balaban J connectivity index is 2.41. The first-order valence-corrected chi connectivity index (χ1v) is 5.37. The molecule has 0 saturated carbocycles. The zero-order valence-electron chi connectivity index (χ0n) is 9.92. The molecule has 2 aromatic rings. The first-order valence-electron chi connectivity index (χ1n) is 5.37. The molecular weight excluding hydrogens is 234 g/mol. The molecular formula is C12H13N3O3. The number of fused-ring (bicyclic) bond motifs is 1. The Morgan fingerprint density at radius 1 is 1.39 bits per heavy atom. The molecule has 0 aliphatic carbocycles. The standard InChI is InChI=1S/C12H13N3O3/c1-17-2-3-18-9-4-8-6-14-7-15-11(8)10(5-9)12(13)16/h4-7H,2-3H2,1H3,(H2,13,16). The Morgan fingerprint density at radius 2 is 2.22 bits per heavy atom. The molecule has 0 aliphatic heterocycles. The number of amides is 1. The first-order chi connectivity index (χ1) is 8.72. The van der Waals surface area contributed by atoms with E-state index in [1.165, 1.54) is 6.33 Å². The van der Waals surface area contributed by atoms with Gasteiger partial charge < -0.3 is 15.2 Å². The molecule has 6 heteroatoms. The maximum Gasteiger partial charge on any atom is 0.251 e. The molecule has 0 spiro atoms. The van der Waals surface area contributed by atoms with Crippen LogP contribution in [0.1, 0.15) is 10.4 Å². The third-order valence-electron chi connectivity index (χ3n) is 2.40. The summed E-state index contributed by atoms with van der Waals surface area (Å²) in [7, 11) is 1.59. The number of ether oxygens (including phenoxy) is 2. The third kappa shape index (κ3) is 2.54. The zero-order valence-corrected chi connectivity index (χ0v) is 9.92. The maximum absolute atomic E-state index is 11.4. The van der Waals surface area contributed by atoms with Gasteiger partial charge in [0.25, 0.3) is 5.91 Å². The number of nitrogens with two attached hydrogens (primary N) is 1. The van der Waals surface area contributed by atoms with Crippen molar-refractivity contribution in [3.63, 3.8) is 0 Å². The number of nitrogens with zero attached hydrogens (tertiary/aromatic N) is 2. The number of rotatable bonds is 5. The Morgan fingerprint density at radius 3 is 2.94 bits per heavy atom. The van der Waals surface area contributed by atoms with Crippen molar-refractivity contribution in [2.45, 2.75) is 0 Å². The molecule has 0 saturated heterocycles. The van der Waals surface area contributed by atoms with Gasteiger partial charge in [-0.1, -0.05) is 0 Å². The lowest BCUT2D eigenvalue weighted by atomic mass is 10.1. The van der Waals surface area contributed by atoms with Gasteiger partial charge in [-0.2, -0.15) is 0 Å². The molecule has 1 aromatic carbocycles. The highest BCUT2D eigenvalue weighted by Gasteiger charge is 2.10. The Bertz CT molecular complexity index is 571. The number of methoxy groups -OCH3 is 1. The van der Waals surface area contributed by atoms with Crippen molar-refractivity contribution in [1.29, 1.82) is 0 Å². The Kier molecular flexibility index (Phi) is 3.69. The van der Waals surface area contributed by atoms with E-state index in [9.17, 15) is 4.79 Å². The third-order valence-corrected chi connectivity index (χ3v) is 2.40. The van der Waals surface area contributed by atoms with Gasteiger partial charge >= 0.3 is 0 Å². The molecule has 0 unspecified atom stereocenters. The molecule has 0 fully saturated rings. The summed E-state index contributed by atoms with van der Waals surface area (Å²) in [6.45, 7) is 0.864. The highest BCUT2D eigenvalue weighted by Crippen LogP contribution is 2.23. The fourth-order valence-corrected chi connectivity index (χ4v) is 1.59. The predicted molar refractivity (Wildman–Crippen MR) is 65.4 cm³/mol. The SMILES string of the molecule is COCCOc1cc(C(N)=O)c2ncncc2c1. The molecule has 0 aliphatic rings. The van der Waals surface area contributed by atoms with E-state index in [2.05, 4.69) is 9.97 Å². The topological polar surface area (TPSA) is 87.3 Å². The lowest BCUT2D eigenvalue weighted by Crippen LogP contribution is -2.13.